The molecule has 0 atom stereocenters. The molecule has 1 heterocycles. The number of nitrogens with zero attached hydrogens (tertiary/aromatic N) is 1. The summed E-state index contributed by atoms with van der Waals surface area (Å²) < 4.78 is 5.77. The van der Waals surface area contributed by atoms with Crippen LogP contribution in [0.2, 0.25) is 0 Å². The van der Waals surface area contributed by atoms with Crippen LogP contribution in [0.1, 0.15) is 21.8 Å². The topological polar surface area (TPSA) is 51.2 Å². The number of hydrogen-bond acceptors (Lipinski definition) is 4. The molecular weight excluding hydrogens is 344 g/mol. The second-order valence-electron chi connectivity index (χ2n) is 5.91. The number of thiazole rings is 1. The van der Waals surface area contributed by atoms with Crippen LogP contribution < -0.4 is 10.1 Å². The van der Waals surface area contributed by atoms with E-state index >= 15 is 0 Å². The Morgan fingerprint density at radius 1 is 1.19 bits per heavy atom. The summed E-state index contributed by atoms with van der Waals surface area (Å²) in [5.41, 5.74) is 3.71. The average Bonchev–Trinajstić information content (AvgIpc) is 3.04. The molecule has 132 valence electrons. The van der Waals surface area contributed by atoms with E-state index in [-0.39, 0.29) is 5.91 Å². The largest absolute Gasteiger partial charge is 0.487 e. The minimum absolute atomic E-state index is 0.167. The highest BCUT2D eigenvalue weighted by molar-refractivity contribution is 7.09. The van der Waals surface area contributed by atoms with Crippen molar-refractivity contribution in [2.75, 3.05) is 5.32 Å². The fourth-order valence-corrected chi connectivity index (χ4v) is 3.02. The molecule has 0 unspecified atom stereocenters. The Labute approximate surface area is 157 Å². The van der Waals surface area contributed by atoms with Gasteiger partial charge in [0.05, 0.1) is 10.7 Å². The molecule has 0 aliphatic rings. The third-order valence-corrected chi connectivity index (χ3v) is 4.45. The molecule has 0 saturated heterocycles. The van der Waals surface area contributed by atoms with Gasteiger partial charge >= 0.3 is 0 Å². The van der Waals surface area contributed by atoms with Crippen LogP contribution in [0.15, 0.2) is 60.0 Å². The highest BCUT2D eigenvalue weighted by Crippen LogP contribution is 2.17. The Balaban J connectivity index is 1.58. The number of amides is 1. The van der Waals surface area contributed by atoms with Crippen LogP contribution in [0.3, 0.4) is 0 Å². The predicted molar refractivity (Wildman–Crippen MR) is 106 cm³/mol. The van der Waals surface area contributed by atoms with Gasteiger partial charge in [-0.1, -0.05) is 24.3 Å². The number of nitrogens with one attached hydrogen (secondary N) is 1. The van der Waals surface area contributed by atoms with Crippen LogP contribution in [0.25, 0.3) is 6.08 Å². The van der Waals surface area contributed by atoms with Crippen molar-refractivity contribution in [3.05, 3.63) is 81.8 Å². The number of rotatable bonds is 6. The number of anilines is 1. The summed E-state index contributed by atoms with van der Waals surface area (Å²) in [6.45, 7) is 4.40. The lowest BCUT2D eigenvalue weighted by Gasteiger charge is -2.05. The lowest BCUT2D eigenvalue weighted by molar-refractivity contribution is -0.111. The molecule has 0 fully saturated rings. The minimum Gasteiger partial charge on any atom is -0.487 e. The van der Waals surface area contributed by atoms with Crippen LogP contribution >= 0.6 is 11.3 Å². The van der Waals surface area contributed by atoms with Crippen LogP contribution in [-0.4, -0.2) is 10.9 Å². The fraction of sp³-hybridized carbons (Fsp3) is 0.143. The van der Waals surface area contributed by atoms with Gasteiger partial charge in [0.1, 0.15) is 12.4 Å². The molecule has 26 heavy (non-hydrogen) atoms. The SMILES string of the molecule is Cc1cccc(NC(=O)/C=C/c2cccc(OCc3csc(C)n3)c2)c1. The van der Waals surface area contributed by atoms with Crippen LogP contribution in [-0.2, 0) is 11.4 Å². The zero-order valence-corrected chi connectivity index (χ0v) is 15.5. The van der Waals surface area contributed by atoms with Crippen molar-refractivity contribution in [2.45, 2.75) is 20.5 Å². The normalized spacial score (nSPS) is 10.8. The number of benzene rings is 2. The summed E-state index contributed by atoms with van der Waals surface area (Å²) in [6.07, 6.45) is 3.29. The quantitative estimate of drug-likeness (QED) is 0.627. The average molecular weight is 364 g/mol. The van der Waals surface area contributed by atoms with Gasteiger partial charge in [-0.15, -0.1) is 11.3 Å². The van der Waals surface area contributed by atoms with Crippen LogP contribution in [0.5, 0.6) is 5.75 Å². The Morgan fingerprint density at radius 3 is 2.81 bits per heavy atom. The minimum atomic E-state index is -0.167. The molecule has 0 radical (unpaired) electrons. The molecule has 0 aliphatic heterocycles. The molecule has 5 heteroatoms. The summed E-state index contributed by atoms with van der Waals surface area (Å²) in [5.74, 6) is 0.580. The molecule has 0 saturated carbocycles. The van der Waals surface area contributed by atoms with Gasteiger partial charge < -0.3 is 10.1 Å². The maximum absolute atomic E-state index is 12.1. The summed E-state index contributed by atoms with van der Waals surface area (Å²) in [6, 6.07) is 15.3. The zero-order chi connectivity index (χ0) is 18.4. The van der Waals surface area contributed by atoms with E-state index in [0.717, 1.165) is 33.3 Å². The van der Waals surface area contributed by atoms with Crippen molar-refractivity contribution in [1.29, 1.82) is 0 Å². The second-order valence-corrected chi connectivity index (χ2v) is 6.97. The Kier molecular flexibility index (Phi) is 5.81. The van der Waals surface area contributed by atoms with Gasteiger partial charge in [-0.25, -0.2) is 4.98 Å². The molecule has 0 spiro atoms. The van der Waals surface area contributed by atoms with Gasteiger partial charge in [0.15, 0.2) is 0 Å². The Bertz CT molecular complexity index is 931. The van der Waals surface area contributed by atoms with E-state index in [1.807, 2.05) is 67.8 Å². The van der Waals surface area contributed by atoms with Crippen molar-refractivity contribution in [3.8, 4) is 5.75 Å². The molecule has 2 aromatic carbocycles. The number of hydrogen-bond donors (Lipinski definition) is 1. The first-order valence-corrected chi connectivity index (χ1v) is 9.16. The summed E-state index contributed by atoms with van der Waals surface area (Å²) >= 11 is 1.61. The monoisotopic (exact) mass is 364 g/mol. The van der Waals surface area contributed by atoms with E-state index in [1.165, 1.54) is 6.08 Å². The molecule has 1 amide bonds. The van der Waals surface area contributed by atoms with Crippen molar-refractivity contribution in [1.82, 2.24) is 4.98 Å². The van der Waals surface area contributed by atoms with E-state index < -0.39 is 0 Å². The van der Waals surface area contributed by atoms with E-state index in [9.17, 15) is 4.79 Å². The van der Waals surface area contributed by atoms with Gasteiger partial charge in [0.2, 0.25) is 5.91 Å². The van der Waals surface area contributed by atoms with E-state index in [0.29, 0.717) is 6.61 Å². The summed E-state index contributed by atoms with van der Waals surface area (Å²) in [7, 11) is 0. The number of aryl methyl sites for hydroxylation is 2. The fourth-order valence-electron chi connectivity index (χ4n) is 2.42. The van der Waals surface area contributed by atoms with Crippen molar-refractivity contribution < 1.29 is 9.53 Å². The number of aromatic nitrogens is 1. The van der Waals surface area contributed by atoms with Gasteiger partial charge in [-0.3, -0.25) is 4.79 Å². The zero-order valence-electron chi connectivity index (χ0n) is 14.7. The standard InChI is InChI=1S/C21H20N2O2S/c1-15-5-3-7-18(11-15)23-21(24)10-9-17-6-4-8-20(12-17)25-13-19-14-26-16(2)22-19/h3-12,14H,13H2,1-2H3,(H,23,24)/b10-9+. The third-order valence-electron chi connectivity index (χ3n) is 3.62. The molecular formula is C21H20N2O2S. The number of carbonyl (C=O) groups excluding carboxylic acids is 1. The predicted octanol–water partition coefficient (Wildman–Crippen LogP) is 4.99. The molecule has 1 N–H and O–H groups in total. The second kappa shape index (κ2) is 8.45. The molecule has 4 nitrogen and oxygen atoms in total. The Hall–Kier alpha value is -2.92. The Morgan fingerprint density at radius 2 is 2.04 bits per heavy atom. The van der Waals surface area contributed by atoms with Crippen molar-refractivity contribution in [2.24, 2.45) is 0 Å². The lowest BCUT2D eigenvalue weighted by Crippen LogP contribution is -2.07. The van der Waals surface area contributed by atoms with Crippen LogP contribution in [0.4, 0.5) is 5.69 Å². The van der Waals surface area contributed by atoms with E-state index in [1.54, 1.807) is 17.4 Å². The molecule has 1 aromatic heterocycles. The van der Waals surface area contributed by atoms with Crippen molar-refractivity contribution in [3.63, 3.8) is 0 Å². The molecule has 0 aliphatic carbocycles. The number of ether oxygens (including phenoxy) is 1. The summed E-state index contributed by atoms with van der Waals surface area (Å²) in [5, 5.41) is 5.87. The van der Waals surface area contributed by atoms with Gasteiger partial charge in [0, 0.05) is 17.1 Å². The first-order valence-electron chi connectivity index (χ1n) is 8.28. The van der Waals surface area contributed by atoms with E-state index in [2.05, 4.69) is 10.3 Å². The maximum atomic E-state index is 12.1. The van der Waals surface area contributed by atoms with E-state index in [4.69, 9.17) is 4.74 Å². The smallest absolute Gasteiger partial charge is 0.248 e. The highest BCUT2D eigenvalue weighted by Gasteiger charge is 2.01. The van der Waals surface area contributed by atoms with Gasteiger partial charge in [-0.2, -0.15) is 0 Å². The first kappa shape index (κ1) is 17.9. The summed E-state index contributed by atoms with van der Waals surface area (Å²) in [4.78, 5) is 16.4. The van der Waals surface area contributed by atoms with Gasteiger partial charge in [0.25, 0.3) is 0 Å². The maximum Gasteiger partial charge on any atom is 0.248 e. The lowest BCUT2D eigenvalue weighted by atomic mass is 10.2. The number of carbonyl (C=O) groups is 1. The van der Waals surface area contributed by atoms with Gasteiger partial charge in [-0.05, 0) is 55.3 Å². The molecule has 3 aromatic rings. The molecule has 0 bridgehead atoms. The highest BCUT2D eigenvalue weighted by atomic mass is 32.1. The third kappa shape index (κ3) is 5.29. The van der Waals surface area contributed by atoms with Crippen LogP contribution in [0, 0.1) is 13.8 Å². The molecule has 3 rings (SSSR count). The van der Waals surface area contributed by atoms with Crippen molar-refractivity contribution >= 4 is 29.0 Å². The first-order chi connectivity index (χ1) is 12.6.